The van der Waals surface area contributed by atoms with E-state index in [2.05, 4.69) is 15.9 Å². The highest BCUT2D eigenvalue weighted by Gasteiger charge is 2.11. The van der Waals surface area contributed by atoms with Crippen LogP contribution in [0.5, 0.6) is 0 Å². The Morgan fingerprint density at radius 2 is 2.20 bits per heavy atom. The van der Waals surface area contributed by atoms with E-state index in [4.69, 9.17) is 4.74 Å². The van der Waals surface area contributed by atoms with Crippen LogP contribution < -0.4 is 0 Å². The van der Waals surface area contributed by atoms with E-state index >= 15 is 0 Å². The standard InChI is InChI=1S/C11H12BrFO2/c1-3-15-10(14)6-8-4-5-9(12)11(13)7(8)2/h4-5H,3,6H2,1-2H3. The summed E-state index contributed by atoms with van der Waals surface area (Å²) in [6, 6.07) is 3.32. The molecule has 0 fully saturated rings. The van der Waals surface area contributed by atoms with Crippen molar-refractivity contribution in [2.75, 3.05) is 6.61 Å². The number of ether oxygens (including phenoxy) is 1. The minimum absolute atomic E-state index is 0.115. The van der Waals surface area contributed by atoms with Crippen LogP contribution in [0.25, 0.3) is 0 Å². The van der Waals surface area contributed by atoms with Gasteiger partial charge < -0.3 is 4.74 Å². The molecule has 0 bridgehead atoms. The van der Waals surface area contributed by atoms with E-state index in [1.165, 1.54) is 0 Å². The van der Waals surface area contributed by atoms with Gasteiger partial charge in [-0.2, -0.15) is 0 Å². The van der Waals surface area contributed by atoms with Crippen LogP contribution in [0.1, 0.15) is 18.1 Å². The minimum Gasteiger partial charge on any atom is -0.466 e. The van der Waals surface area contributed by atoms with Crippen LogP contribution in [0.3, 0.4) is 0 Å². The van der Waals surface area contributed by atoms with Gasteiger partial charge in [-0.25, -0.2) is 4.39 Å². The fraction of sp³-hybridized carbons (Fsp3) is 0.364. The van der Waals surface area contributed by atoms with Crippen LogP contribution in [0.2, 0.25) is 0 Å². The predicted octanol–water partition coefficient (Wildman–Crippen LogP) is 3.00. The zero-order valence-corrected chi connectivity index (χ0v) is 10.2. The van der Waals surface area contributed by atoms with Crippen molar-refractivity contribution in [2.24, 2.45) is 0 Å². The largest absolute Gasteiger partial charge is 0.466 e. The van der Waals surface area contributed by atoms with Crippen molar-refractivity contribution < 1.29 is 13.9 Å². The third-order valence-corrected chi connectivity index (χ3v) is 2.70. The molecule has 1 aromatic rings. The van der Waals surface area contributed by atoms with Crippen molar-refractivity contribution >= 4 is 21.9 Å². The van der Waals surface area contributed by atoms with Crippen LogP contribution in [0.15, 0.2) is 16.6 Å². The summed E-state index contributed by atoms with van der Waals surface area (Å²) in [4.78, 5) is 11.2. The lowest BCUT2D eigenvalue weighted by atomic mass is 10.1. The van der Waals surface area contributed by atoms with E-state index < -0.39 is 0 Å². The molecule has 0 aliphatic carbocycles. The second-order valence-corrected chi connectivity index (χ2v) is 3.98. The molecule has 2 nitrogen and oxygen atoms in total. The summed E-state index contributed by atoms with van der Waals surface area (Å²) in [5.74, 6) is -0.654. The Labute approximate surface area is 96.6 Å². The smallest absolute Gasteiger partial charge is 0.310 e. The SMILES string of the molecule is CCOC(=O)Cc1ccc(Br)c(F)c1C. The van der Waals surface area contributed by atoms with E-state index in [0.717, 1.165) is 0 Å². The maximum atomic E-state index is 13.4. The third kappa shape index (κ3) is 3.02. The highest BCUT2D eigenvalue weighted by atomic mass is 79.9. The Bertz CT molecular complexity index is 377. The van der Waals surface area contributed by atoms with E-state index in [-0.39, 0.29) is 18.2 Å². The molecule has 0 N–H and O–H groups in total. The summed E-state index contributed by atoms with van der Waals surface area (Å²) in [5.41, 5.74) is 1.14. The van der Waals surface area contributed by atoms with Crippen LogP contribution in [-0.4, -0.2) is 12.6 Å². The molecule has 0 aliphatic rings. The average molecular weight is 275 g/mol. The summed E-state index contributed by atoms with van der Waals surface area (Å²) in [5, 5.41) is 0. The summed E-state index contributed by atoms with van der Waals surface area (Å²) in [7, 11) is 0. The van der Waals surface area contributed by atoms with Gasteiger partial charge in [-0.3, -0.25) is 4.79 Å². The maximum absolute atomic E-state index is 13.4. The minimum atomic E-state index is -0.331. The number of carbonyl (C=O) groups is 1. The number of halogens is 2. The number of hydrogen-bond donors (Lipinski definition) is 0. The van der Waals surface area contributed by atoms with Gasteiger partial charge in [0.2, 0.25) is 0 Å². The number of rotatable bonds is 3. The number of hydrogen-bond acceptors (Lipinski definition) is 2. The first-order chi connectivity index (χ1) is 7.06. The van der Waals surface area contributed by atoms with E-state index in [1.807, 2.05) is 0 Å². The van der Waals surface area contributed by atoms with E-state index in [9.17, 15) is 9.18 Å². The average Bonchev–Trinajstić information content (AvgIpc) is 2.20. The van der Waals surface area contributed by atoms with Gasteiger partial charge in [0.05, 0.1) is 17.5 Å². The molecule has 0 aliphatic heterocycles. The van der Waals surface area contributed by atoms with Crippen LogP contribution in [0, 0.1) is 12.7 Å². The van der Waals surface area contributed by atoms with E-state index in [0.29, 0.717) is 22.2 Å². The molecule has 0 unspecified atom stereocenters. The molecule has 15 heavy (non-hydrogen) atoms. The molecule has 0 heterocycles. The Balaban J connectivity index is 2.87. The van der Waals surface area contributed by atoms with Crippen molar-refractivity contribution in [3.05, 3.63) is 33.5 Å². The van der Waals surface area contributed by atoms with Gasteiger partial charge in [0, 0.05) is 0 Å². The Hall–Kier alpha value is -0.900. The van der Waals surface area contributed by atoms with Crippen molar-refractivity contribution in [1.82, 2.24) is 0 Å². The van der Waals surface area contributed by atoms with Crippen LogP contribution in [0.4, 0.5) is 4.39 Å². The molecular weight excluding hydrogens is 263 g/mol. The molecule has 0 spiro atoms. The van der Waals surface area contributed by atoms with Gasteiger partial charge in [0.25, 0.3) is 0 Å². The first-order valence-electron chi connectivity index (χ1n) is 4.65. The monoisotopic (exact) mass is 274 g/mol. The number of carbonyl (C=O) groups excluding carboxylic acids is 1. The lowest BCUT2D eigenvalue weighted by molar-refractivity contribution is -0.142. The van der Waals surface area contributed by atoms with Gasteiger partial charge in [-0.05, 0) is 47.0 Å². The molecule has 1 aromatic carbocycles. The molecule has 0 saturated carbocycles. The molecule has 1 rings (SSSR count). The van der Waals surface area contributed by atoms with Gasteiger partial charge in [0.1, 0.15) is 5.82 Å². The summed E-state index contributed by atoms with van der Waals surface area (Å²) in [6.07, 6.45) is 0.115. The molecule has 0 saturated heterocycles. The van der Waals surface area contributed by atoms with E-state index in [1.54, 1.807) is 26.0 Å². The lowest BCUT2D eigenvalue weighted by Gasteiger charge is -2.07. The molecule has 0 radical (unpaired) electrons. The second kappa shape index (κ2) is 5.26. The third-order valence-electron chi connectivity index (χ3n) is 2.09. The topological polar surface area (TPSA) is 26.3 Å². The predicted molar refractivity (Wildman–Crippen MR) is 59.2 cm³/mol. The summed E-state index contributed by atoms with van der Waals surface area (Å²) in [6.45, 7) is 3.73. The summed E-state index contributed by atoms with van der Waals surface area (Å²) < 4.78 is 18.6. The molecule has 0 atom stereocenters. The summed E-state index contributed by atoms with van der Waals surface area (Å²) >= 11 is 3.09. The van der Waals surface area contributed by atoms with Crippen molar-refractivity contribution in [2.45, 2.75) is 20.3 Å². The number of benzene rings is 1. The van der Waals surface area contributed by atoms with Crippen molar-refractivity contribution in [1.29, 1.82) is 0 Å². The molecule has 0 amide bonds. The normalized spacial score (nSPS) is 10.1. The van der Waals surface area contributed by atoms with Gasteiger partial charge in [-0.1, -0.05) is 6.07 Å². The zero-order chi connectivity index (χ0) is 11.4. The van der Waals surface area contributed by atoms with Crippen LogP contribution >= 0.6 is 15.9 Å². The lowest BCUT2D eigenvalue weighted by Crippen LogP contribution is -2.09. The molecule has 82 valence electrons. The van der Waals surface area contributed by atoms with Crippen LogP contribution in [-0.2, 0) is 16.0 Å². The zero-order valence-electron chi connectivity index (χ0n) is 8.64. The second-order valence-electron chi connectivity index (χ2n) is 3.13. The van der Waals surface area contributed by atoms with Gasteiger partial charge >= 0.3 is 5.97 Å². The first kappa shape index (κ1) is 12.2. The Kier molecular flexibility index (Phi) is 4.27. The quantitative estimate of drug-likeness (QED) is 0.793. The maximum Gasteiger partial charge on any atom is 0.310 e. The van der Waals surface area contributed by atoms with Gasteiger partial charge in [-0.15, -0.1) is 0 Å². The van der Waals surface area contributed by atoms with Gasteiger partial charge in [0.15, 0.2) is 0 Å². The highest BCUT2D eigenvalue weighted by Crippen LogP contribution is 2.22. The highest BCUT2D eigenvalue weighted by molar-refractivity contribution is 9.10. The Morgan fingerprint density at radius 1 is 1.53 bits per heavy atom. The molecule has 4 heteroatoms. The Morgan fingerprint density at radius 3 is 2.80 bits per heavy atom. The van der Waals surface area contributed by atoms with Crippen molar-refractivity contribution in [3.63, 3.8) is 0 Å². The fourth-order valence-electron chi connectivity index (χ4n) is 1.25. The van der Waals surface area contributed by atoms with Crippen molar-refractivity contribution in [3.8, 4) is 0 Å². The number of esters is 1. The molecule has 0 aromatic heterocycles. The first-order valence-corrected chi connectivity index (χ1v) is 5.44. The fourth-order valence-corrected chi connectivity index (χ4v) is 1.68. The molecular formula is C11H12BrFO2.